The Labute approximate surface area is 104 Å². The zero-order valence-corrected chi connectivity index (χ0v) is 9.95. The molecule has 1 saturated heterocycles. The fourth-order valence-electron chi connectivity index (χ4n) is 2.20. The van der Waals surface area contributed by atoms with E-state index in [9.17, 15) is 13.2 Å². The Morgan fingerprint density at radius 3 is 2.56 bits per heavy atom. The predicted molar refractivity (Wildman–Crippen MR) is 63.2 cm³/mol. The van der Waals surface area contributed by atoms with E-state index in [0.29, 0.717) is 18.2 Å². The van der Waals surface area contributed by atoms with Gasteiger partial charge >= 0.3 is 6.18 Å². The van der Waals surface area contributed by atoms with Gasteiger partial charge in [-0.25, -0.2) is 0 Å². The summed E-state index contributed by atoms with van der Waals surface area (Å²) in [6.07, 6.45) is -1.31. The van der Waals surface area contributed by atoms with Gasteiger partial charge < -0.3 is 10.6 Å². The molecule has 0 saturated carbocycles. The van der Waals surface area contributed by atoms with Crippen LogP contribution in [0.15, 0.2) is 18.3 Å². The molecule has 1 aromatic heterocycles. The highest BCUT2D eigenvalue weighted by Crippen LogP contribution is 2.31. The summed E-state index contributed by atoms with van der Waals surface area (Å²) < 4.78 is 37.7. The number of nitrogens with two attached hydrogens (primary N) is 1. The van der Waals surface area contributed by atoms with Crippen molar-refractivity contribution < 1.29 is 13.2 Å². The number of rotatable bonds is 2. The van der Waals surface area contributed by atoms with Gasteiger partial charge in [-0.1, -0.05) is 0 Å². The molecule has 0 bridgehead atoms. The van der Waals surface area contributed by atoms with Crippen LogP contribution in [0, 0.1) is 5.92 Å². The molecular weight excluding hydrogens is 243 g/mol. The van der Waals surface area contributed by atoms with Gasteiger partial charge in [0, 0.05) is 25.0 Å². The molecule has 0 aromatic carbocycles. The smallest absolute Gasteiger partial charge is 0.371 e. The molecule has 3 nitrogen and oxygen atoms in total. The number of piperidine rings is 1. The quantitative estimate of drug-likeness (QED) is 0.886. The number of anilines is 1. The van der Waals surface area contributed by atoms with Crippen molar-refractivity contribution in [2.45, 2.75) is 19.0 Å². The monoisotopic (exact) mass is 259 g/mol. The Balaban J connectivity index is 2.10. The molecule has 0 unspecified atom stereocenters. The number of alkyl halides is 3. The van der Waals surface area contributed by atoms with Crippen LogP contribution in [0.4, 0.5) is 18.9 Å². The molecule has 0 amide bonds. The van der Waals surface area contributed by atoms with Crippen molar-refractivity contribution in [3.63, 3.8) is 0 Å². The number of halogens is 3. The fraction of sp³-hybridized carbons (Fsp3) is 0.583. The minimum atomic E-state index is -4.38. The molecule has 1 fully saturated rings. The molecule has 1 aromatic rings. The lowest BCUT2D eigenvalue weighted by atomic mass is 9.97. The van der Waals surface area contributed by atoms with Crippen LogP contribution in [-0.2, 0) is 6.18 Å². The zero-order chi connectivity index (χ0) is 13.2. The highest BCUT2D eigenvalue weighted by molar-refractivity contribution is 5.47. The van der Waals surface area contributed by atoms with Crippen LogP contribution in [0.3, 0.4) is 0 Å². The second-order valence-electron chi connectivity index (χ2n) is 4.56. The van der Waals surface area contributed by atoms with Gasteiger partial charge in [0.15, 0.2) is 0 Å². The maximum Gasteiger partial charge on any atom is 0.433 e. The average Bonchev–Trinajstić information content (AvgIpc) is 2.38. The van der Waals surface area contributed by atoms with E-state index < -0.39 is 11.9 Å². The van der Waals surface area contributed by atoms with Crippen molar-refractivity contribution in [2.75, 3.05) is 24.5 Å². The zero-order valence-electron chi connectivity index (χ0n) is 9.95. The molecule has 2 heterocycles. The molecule has 1 aliphatic rings. The third-order valence-corrected chi connectivity index (χ3v) is 3.35. The Bertz CT molecular complexity index is 398. The lowest BCUT2D eigenvalue weighted by molar-refractivity contribution is -0.141. The molecule has 0 radical (unpaired) electrons. The van der Waals surface area contributed by atoms with Gasteiger partial charge in [0.05, 0.1) is 0 Å². The van der Waals surface area contributed by atoms with Crippen molar-refractivity contribution in [3.05, 3.63) is 24.0 Å². The Morgan fingerprint density at radius 1 is 1.33 bits per heavy atom. The summed E-state index contributed by atoms with van der Waals surface area (Å²) in [6.45, 7) is 2.16. The maximum atomic E-state index is 12.6. The van der Waals surface area contributed by atoms with Crippen molar-refractivity contribution in [2.24, 2.45) is 11.7 Å². The SMILES string of the molecule is NCC1CCN(c2ccnc(C(F)(F)F)c2)CC1. The van der Waals surface area contributed by atoms with E-state index in [1.54, 1.807) is 6.07 Å². The molecule has 1 aliphatic heterocycles. The van der Waals surface area contributed by atoms with E-state index in [1.807, 2.05) is 4.90 Å². The molecule has 0 atom stereocenters. The molecule has 100 valence electrons. The summed E-state index contributed by atoms with van der Waals surface area (Å²) in [4.78, 5) is 5.33. The minimum absolute atomic E-state index is 0.491. The molecular formula is C12H16F3N3. The van der Waals surface area contributed by atoms with Gasteiger partial charge in [0.25, 0.3) is 0 Å². The average molecular weight is 259 g/mol. The van der Waals surface area contributed by atoms with Crippen molar-refractivity contribution in [1.29, 1.82) is 0 Å². The van der Waals surface area contributed by atoms with Crippen LogP contribution in [0.5, 0.6) is 0 Å². The van der Waals surface area contributed by atoms with E-state index in [0.717, 1.165) is 32.0 Å². The minimum Gasteiger partial charge on any atom is -0.371 e. The summed E-state index contributed by atoms with van der Waals surface area (Å²) in [5, 5.41) is 0. The summed E-state index contributed by atoms with van der Waals surface area (Å²) in [5.74, 6) is 0.491. The Morgan fingerprint density at radius 2 is 2.00 bits per heavy atom. The van der Waals surface area contributed by atoms with Crippen molar-refractivity contribution in [3.8, 4) is 0 Å². The molecule has 6 heteroatoms. The molecule has 0 aliphatic carbocycles. The standard InChI is InChI=1S/C12H16F3N3/c13-12(14,15)11-7-10(1-4-17-11)18-5-2-9(8-16)3-6-18/h1,4,7,9H,2-3,5-6,8,16H2. The van der Waals surface area contributed by atoms with Crippen molar-refractivity contribution in [1.82, 2.24) is 4.98 Å². The molecule has 0 spiro atoms. The molecule has 2 rings (SSSR count). The van der Waals surface area contributed by atoms with Crippen LogP contribution < -0.4 is 10.6 Å². The van der Waals surface area contributed by atoms with Crippen LogP contribution >= 0.6 is 0 Å². The van der Waals surface area contributed by atoms with Gasteiger partial charge in [0.1, 0.15) is 5.69 Å². The first-order chi connectivity index (χ1) is 8.50. The van der Waals surface area contributed by atoms with Gasteiger partial charge in [-0.05, 0) is 37.4 Å². The van der Waals surface area contributed by atoms with Crippen LogP contribution in [0.1, 0.15) is 18.5 Å². The van der Waals surface area contributed by atoms with E-state index >= 15 is 0 Å². The summed E-state index contributed by atoms with van der Waals surface area (Å²) in [7, 11) is 0. The number of hydrogen-bond acceptors (Lipinski definition) is 3. The second-order valence-corrected chi connectivity index (χ2v) is 4.56. The molecule has 2 N–H and O–H groups in total. The Kier molecular flexibility index (Phi) is 3.75. The van der Waals surface area contributed by atoms with Crippen LogP contribution in [0.2, 0.25) is 0 Å². The third-order valence-electron chi connectivity index (χ3n) is 3.35. The van der Waals surface area contributed by atoms with E-state index in [2.05, 4.69) is 4.98 Å². The lowest BCUT2D eigenvalue weighted by Gasteiger charge is -2.33. The predicted octanol–water partition coefficient (Wildman–Crippen LogP) is 2.28. The highest BCUT2D eigenvalue weighted by atomic mass is 19.4. The highest BCUT2D eigenvalue weighted by Gasteiger charge is 2.33. The van der Waals surface area contributed by atoms with E-state index in [-0.39, 0.29) is 0 Å². The first-order valence-corrected chi connectivity index (χ1v) is 5.99. The maximum absolute atomic E-state index is 12.6. The number of hydrogen-bond donors (Lipinski definition) is 1. The van der Waals surface area contributed by atoms with Gasteiger partial charge in [-0.2, -0.15) is 13.2 Å². The normalized spacial score (nSPS) is 18.1. The first-order valence-electron chi connectivity index (χ1n) is 5.99. The number of nitrogens with zero attached hydrogens (tertiary/aromatic N) is 2. The fourth-order valence-corrected chi connectivity index (χ4v) is 2.20. The number of aromatic nitrogens is 1. The second kappa shape index (κ2) is 5.14. The van der Waals surface area contributed by atoms with E-state index in [1.165, 1.54) is 6.20 Å². The largest absolute Gasteiger partial charge is 0.433 e. The summed E-state index contributed by atoms with van der Waals surface area (Å²) in [5.41, 5.74) is 5.35. The third kappa shape index (κ3) is 2.93. The summed E-state index contributed by atoms with van der Waals surface area (Å²) in [6, 6.07) is 2.74. The van der Waals surface area contributed by atoms with Crippen LogP contribution in [-0.4, -0.2) is 24.6 Å². The lowest BCUT2D eigenvalue weighted by Crippen LogP contribution is -2.36. The summed E-state index contributed by atoms with van der Waals surface area (Å²) >= 11 is 0. The molecule has 18 heavy (non-hydrogen) atoms. The Hall–Kier alpha value is -1.30. The van der Waals surface area contributed by atoms with E-state index in [4.69, 9.17) is 5.73 Å². The number of pyridine rings is 1. The van der Waals surface area contributed by atoms with Gasteiger partial charge in [-0.3, -0.25) is 4.98 Å². The van der Waals surface area contributed by atoms with Gasteiger partial charge in [-0.15, -0.1) is 0 Å². The van der Waals surface area contributed by atoms with Crippen LogP contribution in [0.25, 0.3) is 0 Å². The van der Waals surface area contributed by atoms with Crippen molar-refractivity contribution >= 4 is 5.69 Å². The topological polar surface area (TPSA) is 42.1 Å². The van der Waals surface area contributed by atoms with Gasteiger partial charge in [0.2, 0.25) is 0 Å². The first kappa shape index (κ1) is 13.1.